The van der Waals surface area contributed by atoms with Crippen LogP contribution in [0.1, 0.15) is 44.6 Å². The molecule has 0 saturated heterocycles. The van der Waals surface area contributed by atoms with Crippen molar-refractivity contribution in [1.29, 1.82) is 0 Å². The van der Waals surface area contributed by atoms with Crippen LogP contribution in [0.5, 0.6) is 5.75 Å². The highest BCUT2D eigenvalue weighted by molar-refractivity contribution is 5.33. The van der Waals surface area contributed by atoms with Gasteiger partial charge in [0.1, 0.15) is 5.75 Å². The topological polar surface area (TPSA) is 21.3 Å². The quantitative estimate of drug-likeness (QED) is 0.743. The van der Waals surface area contributed by atoms with Crippen molar-refractivity contribution in [2.24, 2.45) is 11.8 Å². The van der Waals surface area contributed by atoms with Gasteiger partial charge in [-0.25, -0.2) is 0 Å². The Morgan fingerprint density at radius 1 is 1.19 bits per heavy atom. The van der Waals surface area contributed by atoms with Crippen LogP contribution in [0.3, 0.4) is 0 Å². The monoisotopic (exact) mass is 297 g/mol. The third kappa shape index (κ3) is 5.62. The molecule has 1 saturated carbocycles. The predicted molar refractivity (Wildman–Crippen MR) is 80.5 cm³/mol. The molecule has 118 valence electrons. The standard InChI is InChI=1S/C17H25F2NO/c1-13-6-8-14(9-7-13)10-11-20-12-15-4-2-3-5-16(15)21-17(18)19/h2-5,13-14,17,20H,6-12H2,1H3. The highest BCUT2D eigenvalue weighted by atomic mass is 19.3. The minimum absolute atomic E-state index is 0.270. The molecule has 1 fully saturated rings. The van der Waals surface area contributed by atoms with E-state index in [9.17, 15) is 8.78 Å². The van der Waals surface area contributed by atoms with Crippen LogP contribution in [-0.4, -0.2) is 13.2 Å². The van der Waals surface area contributed by atoms with Gasteiger partial charge in [-0.2, -0.15) is 8.78 Å². The van der Waals surface area contributed by atoms with Crippen LogP contribution in [0.25, 0.3) is 0 Å². The van der Waals surface area contributed by atoms with E-state index in [2.05, 4.69) is 17.0 Å². The Morgan fingerprint density at radius 2 is 1.90 bits per heavy atom. The number of alkyl halides is 2. The summed E-state index contributed by atoms with van der Waals surface area (Å²) in [5.41, 5.74) is 0.787. The smallest absolute Gasteiger partial charge is 0.387 e. The number of hydrogen-bond acceptors (Lipinski definition) is 2. The molecular weight excluding hydrogens is 272 g/mol. The molecule has 0 aliphatic heterocycles. The Kier molecular flexibility index (Phi) is 6.43. The molecule has 0 radical (unpaired) electrons. The summed E-state index contributed by atoms with van der Waals surface area (Å²) in [6, 6.07) is 6.97. The van der Waals surface area contributed by atoms with Crippen molar-refractivity contribution in [3.05, 3.63) is 29.8 Å². The van der Waals surface area contributed by atoms with Gasteiger partial charge in [0.25, 0.3) is 0 Å². The van der Waals surface area contributed by atoms with Crippen LogP contribution in [0.2, 0.25) is 0 Å². The Labute approximate surface area is 125 Å². The van der Waals surface area contributed by atoms with Gasteiger partial charge in [0.05, 0.1) is 0 Å². The number of benzene rings is 1. The highest BCUT2D eigenvalue weighted by Gasteiger charge is 2.17. The minimum atomic E-state index is -2.77. The molecule has 1 aromatic carbocycles. The van der Waals surface area contributed by atoms with Crippen molar-refractivity contribution in [2.45, 2.75) is 52.2 Å². The van der Waals surface area contributed by atoms with Gasteiger partial charge in [-0.15, -0.1) is 0 Å². The third-order valence-electron chi connectivity index (χ3n) is 4.37. The first-order valence-electron chi connectivity index (χ1n) is 7.88. The fourth-order valence-corrected chi connectivity index (χ4v) is 3.01. The van der Waals surface area contributed by atoms with E-state index in [1.54, 1.807) is 12.1 Å². The number of nitrogens with one attached hydrogen (secondary N) is 1. The summed E-state index contributed by atoms with van der Waals surface area (Å²) in [6.07, 6.45) is 6.51. The van der Waals surface area contributed by atoms with Gasteiger partial charge < -0.3 is 10.1 Å². The molecule has 0 aromatic heterocycles. The lowest BCUT2D eigenvalue weighted by atomic mass is 9.81. The average molecular weight is 297 g/mol. The fraction of sp³-hybridized carbons (Fsp3) is 0.647. The molecule has 0 spiro atoms. The number of halogens is 2. The summed E-state index contributed by atoms with van der Waals surface area (Å²) in [6.45, 7) is 1.07. The number of ether oxygens (including phenoxy) is 1. The first-order chi connectivity index (χ1) is 10.1. The van der Waals surface area contributed by atoms with Crippen LogP contribution in [0.15, 0.2) is 24.3 Å². The summed E-state index contributed by atoms with van der Waals surface area (Å²) < 4.78 is 29.2. The Bertz CT molecular complexity index is 417. The van der Waals surface area contributed by atoms with Crippen molar-refractivity contribution in [3.63, 3.8) is 0 Å². The second kappa shape index (κ2) is 8.32. The largest absolute Gasteiger partial charge is 0.434 e. The van der Waals surface area contributed by atoms with E-state index in [4.69, 9.17) is 0 Å². The molecule has 1 aromatic rings. The van der Waals surface area contributed by atoms with Crippen molar-refractivity contribution in [3.8, 4) is 5.75 Å². The molecule has 1 N–H and O–H groups in total. The van der Waals surface area contributed by atoms with Gasteiger partial charge in [0.2, 0.25) is 0 Å². The maximum Gasteiger partial charge on any atom is 0.387 e. The molecule has 4 heteroatoms. The van der Waals surface area contributed by atoms with Gasteiger partial charge in [-0.1, -0.05) is 50.8 Å². The fourth-order valence-electron chi connectivity index (χ4n) is 3.01. The highest BCUT2D eigenvalue weighted by Crippen LogP contribution is 2.30. The molecule has 1 aliphatic rings. The molecule has 0 bridgehead atoms. The molecule has 2 nitrogen and oxygen atoms in total. The summed E-state index contributed by atoms with van der Waals surface area (Å²) >= 11 is 0. The number of rotatable bonds is 7. The summed E-state index contributed by atoms with van der Waals surface area (Å²) in [7, 11) is 0. The lowest BCUT2D eigenvalue weighted by molar-refractivity contribution is -0.0504. The molecule has 0 atom stereocenters. The van der Waals surface area contributed by atoms with E-state index >= 15 is 0 Å². The molecule has 1 aliphatic carbocycles. The number of hydrogen-bond donors (Lipinski definition) is 1. The van der Waals surface area contributed by atoms with Crippen molar-refractivity contribution < 1.29 is 13.5 Å². The summed E-state index contributed by atoms with van der Waals surface area (Å²) in [5, 5.41) is 3.35. The zero-order valence-electron chi connectivity index (χ0n) is 12.7. The SMILES string of the molecule is CC1CCC(CCNCc2ccccc2OC(F)F)CC1. The van der Waals surface area contributed by atoms with Crippen molar-refractivity contribution in [1.82, 2.24) is 5.32 Å². The molecule has 21 heavy (non-hydrogen) atoms. The van der Waals surface area contributed by atoms with E-state index in [1.165, 1.54) is 32.1 Å². The average Bonchev–Trinajstić information content (AvgIpc) is 2.46. The van der Waals surface area contributed by atoms with Crippen molar-refractivity contribution >= 4 is 0 Å². The Hall–Kier alpha value is -1.16. The van der Waals surface area contributed by atoms with Gasteiger partial charge in [0.15, 0.2) is 0 Å². The summed E-state index contributed by atoms with van der Waals surface area (Å²) in [4.78, 5) is 0. The van der Waals surface area contributed by atoms with E-state index in [-0.39, 0.29) is 5.75 Å². The maximum atomic E-state index is 12.3. The Balaban J connectivity index is 1.71. The maximum absolute atomic E-state index is 12.3. The van der Waals surface area contributed by atoms with Crippen LogP contribution in [0, 0.1) is 11.8 Å². The normalized spacial score (nSPS) is 22.5. The van der Waals surface area contributed by atoms with Gasteiger partial charge in [-0.05, 0) is 30.9 Å². The molecule has 0 heterocycles. The lowest BCUT2D eigenvalue weighted by Gasteiger charge is -2.26. The van der Waals surface area contributed by atoms with Crippen LogP contribution < -0.4 is 10.1 Å². The first kappa shape index (κ1) is 16.2. The second-order valence-electron chi connectivity index (χ2n) is 6.08. The van der Waals surface area contributed by atoms with E-state index in [1.807, 2.05) is 12.1 Å². The molecule has 2 rings (SSSR count). The van der Waals surface area contributed by atoms with Crippen LogP contribution in [-0.2, 0) is 6.54 Å². The van der Waals surface area contributed by atoms with Gasteiger partial charge in [-0.3, -0.25) is 0 Å². The first-order valence-corrected chi connectivity index (χ1v) is 7.88. The second-order valence-corrected chi connectivity index (χ2v) is 6.08. The lowest BCUT2D eigenvalue weighted by Crippen LogP contribution is -2.21. The minimum Gasteiger partial charge on any atom is -0.434 e. The van der Waals surface area contributed by atoms with Crippen LogP contribution >= 0.6 is 0 Å². The molecule has 0 unspecified atom stereocenters. The zero-order valence-corrected chi connectivity index (χ0v) is 12.7. The molecule has 0 amide bonds. The predicted octanol–water partition coefficient (Wildman–Crippen LogP) is 4.59. The van der Waals surface area contributed by atoms with Crippen LogP contribution in [0.4, 0.5) is 8.78 Å². The van der Waals surface area contributed by atoms with Gasteiger partial charge >= 0.3 is 6.61 Å². The Morgan fingerprint density at radius 3 is 2.62 bits per heavy atom. The van der Waals surface area contributed by atoms with Crippen molar-refractivity contribution in [2.75, 3.05) is 6.54 Å². The van der Waals surface area contributed by atoms with E-state index in [0.717, 1.165) is 23.9 Å². The van der Waals surface area contributed by atoms with E-state index in [0.29, 0.717) is 6.54 Å². The third-order valence-corrected chi connectivity index (χ3v) is 4.37. The zero-order chi connectivity index (χ0) is 15.1. The van der Waals surface area contributed by atoms with Gasteiger partial charge in [0, 0.05) is 12.1 Å². The van der Waals surface area contributed by atoms with E-state index < -0.39 is 6.61 Å². The molecular formula is C17H25F2NO. The summed E-state index contributed by atoms with van der Waals surface area (Å²) in [5.74, 6) is 1.97. The number of para-hydroxylation sites is 1.